The number of piperidine rings is 1. The van der Waals surface area contributed by atoms with Gasteiger partial charge in [-0.15, -0.1) is 0 Å². The molecule has 2 unspecified atom stereocenters. The van der Waals surface area contributed by atoms with Gasteiger partial charge in [0.05, 0.1) is 24.4 Å². The second-order valence-corrected chi connectivity index (χ2v) is 5.22. The highest BCUT2D eigenvalue weighted by atomic mass is 19.1. The maximum Gasteiger partial charge on any atom is 0.222 e. The third-order valence-electron chi connectivity index (χ3n) is 3.89. The average molecular weight is 281 g/mol. The molecular formula is C14H20FN3O2. The minimum Gasteiger partial charge on any atom is -0.495 e. The van der Waals surface area contributed by atoms with Crippen LogP contribution in [0.3, 0.4) is 0 Å². The van der Waals surface area contributed by atoms with Crippen molar-refractivity contribution in [1.29, 1.82) is 0 Å². The van der Waals surface area contributed by atoms with Crippen molar-refractivity contribution in [3.63, 3.8) is 0 Å². The van der Waals surface area contributed by atoms with E-state index in [1.165, 1.54) is 13.2 Å². The number of rotatable bonds is 3. The van der Waals surface area contributed by atoms with Gasteiger partial charge >= 0.3 is 0 Å². The van der Waals surface area contributed by atoms with E-state index in [0.29, 0.717) is 18.0 Å². The molecule has 2 rings (SSSR count). The monoisotopic (exact) mass is 281 g/mol. The first-order valence-corrected chi connectivity index (χ1v) is 6.63. The number of hydrogen-bond acceptors (Lipinski definition) is 4. The number of hydrogen-bond donors (Lipinski definition) is 2. The standard InChI is InChI=1S/C14H20FN3O2/c1-8-3-4-9(14(17)19)7-18(8)12-6-13(20-2)11(16)5-10(12)15/h5-6,8-9H,3-4,7,16H2,1-2H3,(H2,17,19). The Kier molecular flexibility index (Phi) is 4.01. The van der Waals surface area contributed by atoms with E-state index < -0.39 is 5.82 Å². The van der Waals surface area contributed by atoms with Crippen molar-refractivity contribution in [3.05, 3.63) is 17.9 Å². The summed E-state index contributed by atoms with van der Waals surface area (Å²) in [7, 11) is 1.49. The van der Waals surface area contributed by atoms with Crippen LogP contribution in [0.5, 0.6) is 5.75 Å². The first kappa shape index (κ1) is 14.4. The second kappa shape index (κ2) is 5.56. The SMILES string of the molecule is COc1cc(N2CC(C(N)=O)CCC2C)c(F)cc1N. The summed E-state index contributed by atoms with van der Waals surface area (Å²) >= 11 is 0. The predicted octanol–water partition coefficient (Wildman–Crippen LogP) is 1.51. The molecule has 0 aliphatic carbocycles. The molecule has 1 amide bonds. The van der Waals surface area contributed by atoms with Crippen molar-refractivity contribution in [2.45, 2.75) is 25.8 Å². The lowest BCUT2D eigenvalue weighted by Gasteiger charge is -2.38. The van der Waals surface area contributed by atoms with Crippen molar-refractivity contribution in [3.8, 4) is 5.75 Å². The first-order chi connectivity index (χ1) is 9.43. The second-order valence-electron chi connectivity index (χ2n) is 5.22. The molecule has 1 aliphatic heterocycles. The van der Waals surface area contributed by atoms with E-state index in [0.717, 1.165) is 12.8 Å². The number of benzene rings is 1. The van der Waals surface area contributed by atoms with Gasteiger partial charge in [-0.25, -0.2) is 4.39 Å². The fraction of sp³-hybridized carbons (Fsp3) is 0.500. The lowest BCUT2D eigenvalue weighted by molar-refractivity contribution is -0.122. The van der Waals surface area contributed by atoms with Crippen LogP contribution in [-0.2, 0) is 4.79 Å². The van der Waals surface area contributed by atoms with Crippen LogP contribution in [0.15, 0.2) is 12.1 Å². The van der Waals surface area contributed by atoms with E-state index in [9.17, 15) is 9.18 Å². The summed E-state index contributed by atoms with van der Waals surface area (Å²) in [6, 6.07) is 2.95. The number of nitrogens with zero attached hydrogens (tertiary/aromatic N) is 1. The number of ether oxygens (including phenoxy) is 1. The van der Waals surface area contributed by atoms with Crippen molar-refractivity contribution in [2.75, 3.05) is 24.3 Å². The summed E-state index contributed by atoms with van der Waals surface area (Å²) in [5.41, 5.74) is 11.7. The summed E-state index contributed by atoms with van der Waals surface area (Å²) in [5, 5.41) is 0. The maximum absolute atomic E-state index is 14.2. The van der Waals surface area contributed by atoms with Crippen LogP contribution < -0.4 is 21.1 Å². The largest absolute Gasteiger partial charge is 0.495 e. The number of amides is 1. The van der Waals surface area contributed by atoms with Gasteiger partial charge < -0.3 is 21.1 Å². The maximum atomic E-state index is 14.2. The van der Waals surface area contributed by atoms with Crippen molar-refractivity contribution < 1.29 is 13.9 Å². The van der Waals surface area contributed by atoms with Crippen LogP contribution in [0.1, 0.15) is 19.8 Å². The summed E-state index contributed by atoms with van der Waals surface area (Å²) in [6.07, 6.45) is 1.53. The number of primary amides is 1. The lowest BCUT2D eigenvalue weighted by Crippen LogP contribution is -2.46. The topological polar surface area (TPSA) is 81.6 Å². The van der Waals surface area contributed by atoms with Gasteiger partial charge in [0.2, 0.25) is 5.91 Å². The van der Waals surface area contributed by atoms with Gasteiger partial charge in [0.25, 0.3) is 0 Å². The van der Waals surface area contributed by atoms with Crippen LogP contribution in [0, 0.1) is 11.7 Å². The minimum atomic E-state index is -0.416. The third-order valence-corrected chi connectivity index (χ3v) is 3.89. The Balaban J connectivity index is 2.35. The summed E-state index contributed by atoms with van der Waals surface area (Å²) in [5.74, 6) is -0.589. The van der Waals surface area contributed by atoms with Crippen LogP contribution in [-0.4, -0.2) is 25.6 Å². The van der Waals surface area contributed by atoms with Gasteiger partial charge in [0.15, 0.2) is 0 Å². The molecule has 0 saturated carbocycles. The van der Waals surface area contributed by atoms with Gasteiger partial charge in [-0.3, -0.25) is 4.79 Å². The molecular weight excluding hydrogens is 261 g/mol. The first-order valence-electron chi connectivity index (χ1n) is 6.63. The Hall–Kier alpha value is -1.98. The molecule has 1 aromatic rings. The molecule has 110 valence electrons. The Labute approximate surface area is 117 Å². The summed E-state index contributed by atoms with van der Waals surface area (Å²) < 4.78 is 19.3. The Morgan fingerprint density at radius 2 is 2.15 bits per heavy atom. The molecule has 4 N–H and O–H groups in total. The minimum absolute atomic E-state index is 0.133. The fourth-order valence-electron chi connectivity index (χ4n) is 2.63. The van der Waals surface area contributed by atoms with E-state index in [2.05, 4.69) is 0 Å². The highest BCUT2D eigenvalue weighted by Crippen LogP contribution is 2.35. The van der Waals surface area contributed by atoms with E-state index >= 15 is 0 Å². The third kappa shape index (κ3) is 2.64. The zero-order chi connectivity index (χ0) is 14.9. The molecule has 2 atom stereocenters. The van der Waals surface area contributed by atoms with E-state index in [1.54, 1.807) is 6.07 Å². The van der Waals surface area contributed by atoms with Crippen LogP contribution in [0.4, 0.5) is 15.8 Å². The quantitative estimate of drug-likeness (QED) is 0.823. The normalized spacial score (nSPS) is 22.6. The Morgan fingerprint density at radius 1 is 1.45 bits per heavy atom. The van der Waals surface area contributed by atoms with Crippen LogP contribution in [0.25, 0.3) is 0 Å². The van der Waals surface area contributed by atoms with Gasteiger partial charge in [-0.05, 0) is 19.8 Å². The lowest BCUT2D eigenvalue weighted by atomic mass is 9.92. The van der Waals surface area contributed by atoms with Gasteiger partial charge in [-0.1, -0.05) is 0 Å². The van der Waals surface area contributed by atoms with Crippen LogP contribution in [0.2, 0.25) is 0 Å². The molecule has 0 radical (unpaired) electrons. The summed E-state index contributed by atoms with van der Waals surface area (Å²) in [4.78, 5) is 13.2. The molecule has 5 nitrogen and oxygen atoms in total. The van der Waals surface area contributed by atoms with E-state index in [1.807, 2.05) is 11.8 Å². The van der Waals surface area contributed by atoms with Crippen molar-refractivity contribution in [1.82, 2.24) is 0 Å². The number of halogens is 1. The molecule has 1 heterocycles. The van der Waals surface area contributed by atoms with E-state index in [4.69, 9.17) is 16.2 Å². The number of nitrogen functional groups attached to an aromatic ring is 1. The predicted molar refractivity (Wildman–Crippen MR) is 76.1 cm³/mol. The number of carbonyl (C=O) groups is 1. The molecule has 0 spiro atoms. The molecule has 1 saturated heterocycles. The molecule has 20 heavy (non-hydrogen) atoms. The smallest absolute Gasteiger partial charge is 0.222 e. The van der Waals surface area contributed by atoms with Gasteiger partial charge in [0.1, 0.15) is 11.6 Å². The van der Waals surface area contributed by atoms with Gasteiger partial charge in [-0.2, -0.15) is 0 Å². The highest BCUT2D eigenvalue weighted by molar-refractivity contribution is 5.78. The van der Waals surface area contributed by atoms with Crippen molar-refractivity contribution in [2.24, 2.45) is 11.7 Å². The molecule has 6 heteroatoms. The average Bonchev–Trinajstić information content (AvgIpc) is 2.40. The summed E-state index contributed by atoms with van der Waals surface area (Å²) in [6.45, 7) is 2.42. The zero-order valence-electron chi connectivity index (χ0n) is 11.7. The number of nitrogens with two attached hydrogens (primary N) is 2. The molecule has 1 aliphatic rings. The Bertz CT molecular complexity index is 521. The molecule has 0 aromatic heterocycles. The highest BCUT2D eigenvalue weighted by Gasteiger charge is 2.30. The molecule has 1 fully saturated rings. The fourth-order valence-corrected chi connectivity index (χ4v) is 2.63. The Morgan fingerprint density at radius 3 is 2.75 bits per heavy atom. The van der Waals surface area contributed by atoms with Crippen molar-refractivity contribution >= 4 is 17.3 Å². The van der Waals surface area contributed by atoms with E-state index in [-0.39, 0.29) is 23.6 Å². The van der Waals surface area contributed by atoms with Crippen LogP contribution >= 0.6 is 0 Å². The number of carbonyl (C=O) groups excluding carboxylic acids is 1. The van der Waals surface area contributed by atoms with Gasteiger partial charge in [0, 0.05) is 24.7 Å². The molecule has 0 bridgehead atoms. The zero-order valence-corrected chi connectivity index (χ0v) is 11.7. The molecule has 1 aromatic carbocycles. The number of methoxy groups -OCH3 is 1. The number of anilines is 2.